The zero-order chi connectivity index (χ0) is 9.97. The van der Waals surface area contributed by atoms with Crippen molar-refractivity contribution in [3.63, 3.8) is 0 Å². The van der Waals surface area contributed by atoms with Gasteiger partial charge >= 0.3 is 0 Å². The summed E-state index contributed by atoms with van der Waals surface area (Å²) in [6.45, 7) is 1.89. The van der Waals surface area contributed by atoms with Crippen molar-refractivity contribution >= 4 is 30.1 Å². The summed E-state index contributed by atoms with van der Waals surface area (Å²) < 4.78 is 0. The highest BCUT2D eigenvalue weighted by Gasteiger charge is 2.27. The summed E-state index contributed by atoms with van der Waals surface area (Å²) in [6, 6.07) is 0.412. The topological polar surface area (TPSA) is 32.3 Å². The van der Waals surface area contributed by atoms with Gasteiger partial charge in [-0.1, -0.05) is 6.08 Å². The maximum Gasteiger partial charge on any atom is 0.250 e. The second-order valence-electron chi connectivity index (χ2n) is 3.80. The molecule has 0 aromatic heterocycles. The van der Waals surface area contributed by atoms with E-state index in [-0.39, 0.29) is 18.3 Å². The first-order valence-corrected chi connectivity index (χ1v) is 6.19. The summed E-state index contributed by atoms with van der Waals surface area (Å²) in [5.74, 6) is 2.28. The molecule has 0 spiro atoms. The lowest BCUT2D eigenvalue weighted by Gasteiger charge is -2.36. The van der Waals surface area contributed by atoms with Gasteiger partial charge in [0, 0.05) is 31.5 Å². The number of likely N-dealkylation sites (N-methyl/N-ethyl adjacent to an activating group) is 1. The van der Waals surface area contributed by atoms with Gasteiger partial charge in [0.1, 0.15) is 0 Å². The number of halogens is 1. The first kappa shape index (κ1) is 12.9. The van der Waals surface area contributed by atoms with Crippen LogP contribution >= 0.6 is 24.2 Å². The fourth-order valence-electron chi connectivity index (χ4n) is 1.65. The van der Waals surface area contributed by atoms with Gasteiger partial charge in [-0.15, -0.1) is 12.4 Å². The van der Waals surface area contributed by atoms with Crippen molar-refractivity contribution in [2.45, 2.75) is 12.5 Å². The predicted molar refractivity (Wildman–Crippen MR) is 66.7 cm³/mol. The smallest absolute Gasteiger partial charge is 0.250 e. The van der Waals surface area contributed by atoms with Crippen molar-refractivity contribution in [3.05, 3.63) is 11.6 Å². The summed E-state index contributed by atoms with van der Waals surface area (Å²) in [6.07, 6.45) is 3.14. The summed E-state index contributed by atoms with van der Waals surface area (Å²) in [7, 11) is 1.91. The second kappa shape index (κ2) is 5.77. The Morgan fingerprint density at radius 1 is 1.60 bits per heavy atom. The molecule has 0 radical (unpaired) electrons. The van der Waals surface area contributed by atoms with Gasteiger partial charge < -0.3 is 10.2 Å². The average molecular weight is 249 g/mol. The molecule has 1 fully saturated rings. The van der Waals surface area contributed by atoms with Crippen LogP contribution in [0.4, 0.5) is 0 Å². The molecule has 0 aliphatic carbocycles. The van der Waals surface area contributed by atoms with E-state index in [1.165, 1.54) is 0 Å². The average Bonchev–Trinajstić information content (AvgIpc) is 2.15. The van der Waals surface area contributed by atoms with Crippen LogP contribution in [0.5, 0.6) is 0 Å². The zero-order valence-corrected chi connectivity index (χ0v) is 10.5. The third-order valence-corrected chi connectivity index (χ3v) is 3.85. The second-order valence-corrected chi connectivity index (χ2v) is 4.90. The van der Waals surface area contributed by atoms with Crippen molar-refractivity contribution in [1.82, 2.24) is 10.2 Å². The van der Waals surface area contributed by atoms with E-state index in [0.29, 0.717) is 6.04 Å². The molecule has 5 heteroatoms. The van der Waals surface area contributed by atoms with Crippen molar-refractivity contribution in [1.29, 1.82) is 0 Å². The minimum atomic E-state index is 0. The molecule has 2 aliphatic rings. The number of thioether (sulfide) groups is 1. The van der Waals surface area contributed by atoms with E-state index in [1.807, 2.05) is 23.7 Å². The monoisotopic (exact) mass is 248 g/mol. The normalized spacial score (nSPS) is 21.0. The van der Waals surface area contributed by atoms with Crippen LogP contribution in [0, 0.1) is 0 Å². The molecule has 2 aliphatic heterocycles. The lowest BCUT2D eigenvalue weighted by Crippen LogP contribution is -2.57. The number of carbonyl (C=O) groups is 1. The Bertz CT molecular complexity index is 266. The number of nitrogens with zero attached hydrogens (tertiary/aromatic N) is 1. The van der Waals surface area contributed by atoms with Crippen molar-refractivity contribution in [2.75, 3.05) is 31.6 Å². The molecule has 86 valence electrons. The molecule has 15 heavy (non-hydrogen) atoms. The molecular formula is C10H17ClN2OS. The van der Waals surface area contributed by atoms with Crippen LogP contribution in [0.25, 0.3) is 0 Å². The lowest BCUT2D eigenvalue weighted by molar-refractivity contribution is -0.128. The van der Waals surface area contributed by atoms with E-state index in [2.05, 4.69) is 11.4 Å². The molecule has 0 aromatic carbocycles. The molecule has 2 rings (SSSR count). The quantitative estimate of drug-likeness (QED) is 0.788. The zero-order valence-electron chi connectivity index (χ0n) is 8.86. The van der Waals surface area contributed by atoms with Gasteiger partial charge in [-0.2, -0.15) is 11.8 Å². The number of carbonyl (C=O) groups excluding carboxylic acids is 1. The van der Waals surface area contributed by atoms with Crippen LogP contribution in [0.2, 0.25) is 0 Å². The fourth-order valence-corrected chi connectivity index (χ4v) is 2.54. The fraction of sp³-hybridized carbons (Fsp3) is 0.700. The van der Waals surface area contributed by atoms with Crippen LogP contribution in [-0.2, 0) is 4.79 Å². The van der Waals surface area contributed by atoms with E-state index >= 15 is 0 Å². The summed E-state index contributed by atoms with van der Waals surface area (Å²) >= 11 is 1.85. The third kappa shape index (κ3) is 2.89. The Labute approximate surface area is 101 Å². The minimum Gasteiger partial charge on any atom is -0.336 e. The van der Waals surface area contributed by atoms with E-state index < -0.39 is 0 Å². The molecule has 2 heterocycles. The Morgan fingerprint density at radius 3 is 2.80 bits per heavy atom. The van der Waals surface area contributed by atoms with Crippen LogP contribution in [0.1, 0.15) is 6.42 Å². The van der Waals surface area contributed by atoms with E-state index in [4.69, 9.17) is 0 Å². The molecule has 3 nitrogen and oxygen atoms in total. The van der Waals surface area contributed by atoms with E-state index in [9.17, 15) is 4.79 Å². The number of hydrogen-bond donors (Lipinski definition) is 1. The van der Waals surface area contributed by atoms with Gasteiger partial charge in [0.15, 0.2) is 0 Å². The largest absolute Gasteiger partial charge is 0.336 e. The van der Waals surface area contributed by atoms with Crippen molar-refractivity contribution in [3.8, 4) is 0 Å². The number of rotatable bonds is 2. The van der Waals surface area contributed by atoms with E-state index in [0.717, 1.165) is 36.6 Å². The highest BCUT2D eigenvalue weighted by molar-refractivity contribution is 7.99. The highest BCUT2D eigenvalue weighted by Crippen LogP contribution is 2.19. The summed E-state index contributed by atoms with van der Waals surface area (Å²) in [5.41, 5.74) is 0.996. The summed E-state index contributed by atoms with van der Waals surface area (Å²) in [5, 5.41) is 3.18. The van der Waals surface area contributed by atoms with Crippen LogP contribution < -0.4 is 5.32 Å². The highest BCUT2D eigenvalue weighted by atomic mass is 35.5. The molecule has 0 aromatic rings. The number of nitrogens with one attached hydrogen (secondary N) is 1. The molecule has 0 saturated carbocycles. The number of amides is 1. The molecule has 1 saturated heterocycles. The molecule has 1 N–H and O–H groups in total. The Kier molecular flexibility index (Phi) is 4.96. The number of hydrogen-bond acceptors (Lipinski definition) is 3. The van der Waals surface area contributed by atoms with Crippen LogP contribution in [-0.4, -0.2) is 48.5 Å². The van der Waals surface area contributed by atoms with Crippen LogP contribution in [0.15, 0.2) is 11.6 Å². The van der Waals surface area contributed by atoms with Gasteiger partial charge in [0.05, 0.1) is 6.04 Å². The molecular weight excluding hydrogens is 232 g/mol. The van der Waals surface area contributed by atoms with Gasteiger partial charge in [-0.05, 0) is 12.2 Å². The SMILES string of the molecule is CN(C(=O)C1=CCCSC1)C1CNC1.Cl. The Balaban J connectivity index is 0.00000112. The first-order valence-electron chi connectivity index (χ1n) is 5.03. The van der Waals surface area contributed by atoms with E-state index in [1.54, 1.807) is 0 Å². The molecule has 0 atom stereocenters. The van der Waals surface area contributed by atoms with Gasteiger partial charge in [-0.3, -0.25) is 4.79 Å². The maximum atomic E-state index is 11.9. The number of allylic oxidation sites excluding steroid dienone is 1. The summed E-state index contributed by atoms with van der Waals surface area (Å²) in [4.78, 5) is 13.8. The van der Waals surface area contributed by atoms with Crippen molar-refractivity contribution < 1.29 is 4.79 Å². The standard InChI is InChI=1S/C10H16N2OS.ClH/c1-12(9-5-11-6-9)10(13)8-3-2-4-14-7-8;/h3,9,11H,2,4-7H2,1H3;1H. The molecule has 0 bridgehead atoms. The van der Waals surface area contributed by atoms with Crippen LogP contribution in [0.3, 0.4) is 0 Å². The van der Waals surface area contributed by atoms with Gasteiger partial charge in [0.2, 0.25) is 5.91 Å². The maximum absolute atomic E-state index is 11.9. The van der Waals surface area contributed by atoms with Crippen molar-refractivity contribution in [2.24, 2.45) is 0 Å². The third-order valence-electron chi connectivity index (χ3n) is 2.81. The molecule has 0 unspecified atom stereocenters. The van der Waals surface area contributed by atoms with Gasteiger partial charge in [-0.25, -0.2) is 0 Å². The van der Waals surface area contributed by atoms with Gasteiger partial charge in [0.25, 0.3) is 0 Å². The first-order chi connectivity index (χ1) is 6.79. The predicted octanol–water partition coefficient (Wildman–Crippen LogP) is 0.902. The molecule has 1 amide bonds. The lowest BCUT2D eigenvalue weighted by atomic mass is 10.1. The Morgan fingerprint density at radius 2 is 2.33 bits per heavy atom. The minimum absolute atomic E-state index is 0. The Hall–Kier alpha value is -0.190.